The maximum Gasteiger partial charge on any atom is 0.308 e. The molecule has 1 fully saturated rings. The highest BCUT2D eigenvalue weighted by atomic mass is 35.5. The van der Waals surface area contributed by atoms with Gasteiger partial charge in [-0.3, -0.25) is 9.59 Å². The molecule has 120 valence electrons. The van der Waals surface area contributed by atoms with Crippen molar-refractivity contribution in [1.82, 2.24) is 5.32 Å². The summed E-state index contributed by atoms with van der Waals surface area (Å²) in [5, 5.41) is 11.8. The molecule has 1 aliphatic carbocycles. The lowest BCUT2D eigenvalue weighted by Gasteiger charge is -2.23. The van der Waals surface area contributed by atoms with Crippen molar-refractivity contribution in [3.63, 3.8) is 0 Å². The summed E-state index contributed by atoms with van der Waals surface area (Å²) in [6, 6.07) is 1.64. The zero-order chi connectivity index (χ0) is 16.3. The van der Waals surface area contributed by atoms with Crippen LogP contribution in [-0.2, 0) is 4.79 Å². The van der Waals surface area contributed by atoms with Gasteiger partial charge in [0.15, 0.2) is 0 Å². The van der Waals surface area contributed by atoms with Crippen molar-refractivity contribution in [3.05, 3.63) is 33.6 Å². The Hall–Kier alpha value is -1.33. The zero-order valence-corrected chi connectivity index (χ0v) is 13.3. The summed E-state index contributed by atoms with van der Waals surface area (Å²) in [5.74, 6) is -2.89. The molecule has 22 heavy (non-hydrogen) atoms. The summed E-state index contributed by atoms with van der Waals surface area (Å²) in [6.45, 7) is 0. The van der Waals surface area contributed by atoms with Gasteiger partial charge in [-0.1, -0.05) is 42.5 Å². The van der Waals surface area contributed by atoms with Gasteiger partial charge in [0, 0.05) is 6.04 Å². The normalized spacial score (nSPS) is 22.0. The van der Waals surface area contributed by atoms with Gasteiger partial charge in [0.25, 0.3) is 5.91 Å². The minimum Gasteiger partial charge on any atom is -0.481 e. The van der Waals surface area contributed by atoms with E-state index in [2.05, 4.69) is 5.32 Å². The Bertz CT molecular complexity index is 594. The molecule has 4 nitrogen and oxygen atoms in total. The number of nitrogens with one attached hydrogen (secondary N) is 1. The molecule has 0 aromatic heterocycles. The topological polar surface area (TPSA) is 66.4 Å². The third kappa shape index (κ3) is 3.90. The summed E-state index contributed by atoms with van der Waals surface area (Å²) < 4.78 is 13.5. The molecule has 2 N–H and O–H groups in total. The first-order chi connectivity index (χ1) is 10.4. The third-order valence-electron chi connectivity index (χ3n) is 3.90. The molecule has 0 radical (unpaired) electrons. The van der Waals surface area contributed by atoms with Crippen LogP contribution in [0.15, 0.2) is 12.1 Å². The first kappa shape index (κ1) is 17.0. The van der Waals surface area contributed by atoms with E-state index in [9.17, 15) is 19.1 Å². The highest BCUT2D eigenvalue weighted by Crippen LogP contribution is 2.27. The average Bonchev–Trinajstić information content (AvgIpc) is 2.68. The minimum absolute atomic E-state index is 0.0318. The molecule has 0 saturated heterocycles. The van der Waals surface area contributed by atoms with Gasteiger partial charge in [-0.15, -0.1) is 0 Å². The maximum absolute atomic E-state index is 13.5. The predicted molar refractivity (Wildman–Crippen MR) is 81.9 cm³/mol. The largest absolute Gasteiger partial charge is 0.481 e. The SMILES string of the molecule is O=C(N[C@H]1CCCCC[C@H]1C(=O)O)c1cc(F)c(Cl)cc1Cl. The molecule has 0 heterocycles. The van der Waals surface area contributed by atoms with Crippen molar-refractivity contribution < 1.29 is 19.1 Å². The van der Waals surface area contributed by atoms with E-state index in [0.29, 0.717) is 12.8 Å². The van der Waals surface area contributed by atoms with E-state index in [-0.39, 0.29) is 15.6 Å². The number of rotatable bonds is 3. The van der Waals surface area contributed by atoms with Gasteiger partial charge in [0.1, 0.15) is 5.82 Å². The Morgan fingerprint density at radius 1 is 1.14 bits per heavy atom. The van der Waals surface area contributed by atoms with Gasteiger partial charge in [0.05, 0.1) is 21.5 Å². The smallest absolute Gasteiger partial charge is 0.308 e. The van der Waals surface area contributed by atoms with Crippen molar-refractivity contribution in [3.8, 4) is 0 Å². The summed E-state index contributed by atoms with van der Waals surface area (Å²) >= 11 is 11.5. The second-order valence-corrected chi connectivity index (χ2v) is 6.22. The fourth-order valence-corrected chi connectivity index (χ4v) is 3.19. The molecule has 2 rings (SSSR count). The molecule has 1 aliphatic rings. The number of hydrogen-bond donors (Lipinski definition) is 2. The maximum atomic E-state index is 13.5. The zero-order valence-electron chi connectivity index (χ0n) is 11.7. The summed E-state index contributed by atoms with van der Waals surface area (Å²) in [5.41, 5.74) is -0.0445. The van der Waals surface area contributed by atoms with E-state index in [4.69, 9.17) is 23.2 Å². The number of benzene rings is 1. The van der Waals surface area contributed by atoms with E-state index in [0.717, 1.165) is 31.4 Å². The van der Waals surface area contributed by atoms with Gasteiger partial charge < -0.3 is 10.4 Å². The van der Waals surface area contributed by atoms with E-state index in [1.165, 1.54) is 0 Å². The number of carbonyl (C=O) groups excluding carboxylic acids is 1. The average molecular weight is 348 g/mol. The molecule has 1 aromatic rings. The Kier molecular flexibility index (Phi) is 5.64. The minimum atomic E-state index is -0.930. The highest BCUT2D eigenvalue weighted by molar-refractivity contribution is 6.36. The second kappa shape index (κ2) is 7.29. The number of hydrogen-bond acceptors (Lipinski definition) is 2. The molecule has 1 saturated carbocycles. The molecule has 1 amide bonds. The fourth-order valence-electron chi connectivity index (χ4n) is 2.72. The lowest BCUT2D eigenvalue weighted by atomic mass is 9.94. The molecule has 2 atom stereocenters. The molecular formula is C15H16Cl2FNO3. The first-order valence-corrected chi connectivity index (χ1v) is 7.84. The summed E-state index contributed by atoms with van der Waals surface area (Å²) in [4.78, 5) is 23.6. The van der Waals surface area contributed by atoms with Crippen LogP contribution < -0.4 is 5.32 Å². The van der Waals surface area contributed by atoms with Crippen LogP contribution in [0.5, 0.6) is 0 Å². The van der Waals surface area contributed by atoms with Crippen molar-refractivity contribution in [1.29, 1.82) is 0 Å². The number of carboxylic acids is 1. The number of halogens is 3. The van der Waals surface area contributed by atoms with Crippen LogP contribution in [0.4, 0.5) is 4.39 Å². The monoisotopic (exact) mass is 347 g/mol. The molecule has 0 bridgehead atoms. The van der Waals surface area contributed by atoms with Crippen LogP contribution in [0.1, 0.15) is 42.5 Å². The molecule has 1 aromatic carbocycles. The Morgan fingerprint density at radius 3 is 2.50 bits per heavy atom. The molecule has 0 unspecified atom stereocenters. The highest BCUT2D eigenvalue weighted by Gasteiger charge is 2.31. The summed E-state index contributed by atoms with van der Waals surface area (Å²) in [6.07, 6.45) is 3.70. The van der Waals surface area contributed by atoms with Gasteiger partial charge in [-0.05, 0) is 25.0 Å². The van der Waals surface area contributed by atoms with Crippen molar-refractivity contribution in [2.75, 3.05) is 0 Å². The number of aliphatic carboxylic acids is 1. The predicted octanol–water partition coefficient (Wildman–Crippen LogP) is 3.90. The summed E-state index contributed by atoms with van der Waals surface area (Å²) in [7, 11) is 0. The Balaban J connectivity index is 2.19. The van der Waals surface area contributed by atoms with Gasteiger partial charge in [-0.25, -0.2) is 4.39 Å². The number of carbonyl (C=O) groups is 2. The lowest BCUT2D eigenvalue weighted by Crippen LogP contribution is -2.43. The van der Waals surface area contributed by atoms with Crippen LogP contribution in [-0.4, -0.2) is 23.0 Å². The van der Waals surface area contributed by atoms with Crippen LogP contribution in [0, 0.1) is 11.7 Å². The van der Waals surface area contributed by atoms with E-state index in [1.54, 1.807) is 0 Å². The van der Waals surface area contributed by atoms with Crippen molar-refractivity contribution >= 4 is 35.1 Å². The Labute approximate surface area is 137 Å². The molecule has 7 heteroatoms. The quantitative estimate of drug-likeness (QED) is 0.643. The van der Waals surface area contributed by atoms with Gasteiger partial charge >= 0.3 is 5.97 Å². The van der Waals surface area contributed by atoms with E-state index >= 15 is 0 Å². The fraction of sp³-hybridized carbons (Fsp3) is 0.467. The van der Waals surface area contributed by atoms with Crippen LogP contribution in [0.25, 0.3) is 0 Å². The standard InChI is InChI=1S/C15H16Cl2FNO3/c16-10-7-11(17)12(18)6-9(10)14(20)19-13-5-3-1-2-4-8(13)15(21)22/h6-8,13H,1-5H2,(H,19,20)(H,21,22)/t8-,13+/m1/s1. The van der Waals surface area contributed by atoms with Crippen LogP contribution >= 0.6 is 23.2 Å². The van der Waals surface area contributed by atoms with Gasteiger partial charge in [0.2, 0.25) is 0 Å². The van der Waals surface area contributed by atoms with Gasteiger partial charge in [-0.2, -0.15) is 0 Å². The number of amides is 1. The first-order valence-electron chi connectivity index (χ1n) is 7.08. The van der Waals surface area contributed by atoms with E-state index in [1.807, 2.05) is 0 Å². The number of carboxylic acid groups (broad SMARTS) is 1. The molecular weight excluding hydrogens is 332 g/mol. The third-order valence-corrected chi connectivity index (χ3v) is 4.51. The molecule has 0 spiro atoms. The van der Waals surface area contributed by atoms with Crippen LogP contribution in [0.2, 0.25) is 10.0 Å². The lowest BCUT2D eigenvalue weighted by molar-refractivity contribution is -0.142. The Morgan fingerprint density at radius 2 is 1.82 bits per heavy atom. The van der Waals surface area contributed by atoms with E-state index < -0.39 is 29.7 Å². The van der Waals surface area contributed by atoms with Crippen LogP contribution in [0.3, 0.4) is 0 Å². The van der Waals surface area contributed by atoms with Crippen molar-refractivity contribution in [2.24, 2.45) is 5.92 Å². The molecule has 0 aliphatic heterocycles. The second-order valence-electron chi connectivity index (χ2n) is 5.41. The van der Waals surface area contributed by atoms with Crippen molar-refractivity contribution in [2.45, 2.75) is 38.1 Å².